The van der Waals surface area contributed by atoms with Crippen LogP contribution in [0, 0.1) is 107 Å². The van der Waals surface area contributed by atoms with Crippen LogP contribution in [0.15, 0.2) is 284 Å². The highest BCUT2D eigenvalue weighted by Crippen LogP contribution is 2.49. The van der Waals surface area contributed by atoms with E-state index >= 15 is 0 Å². The largest absolute Gasteiger partial charge is 0.455 e. The Morgan fingerprint density at radius 1 is 0.300 bits per heavy atom. The topological polar surface area (TPSA) is 85.5 Å². The molecule has 12 heteroatoms. The summed E-state index contributed by atoms with van der Waals surface area (Å²) in [6.45, 7) is 57.9. The van der Waals surface area contributed by atoms with E-state index < -0.39 is 18.7 Å². The number of hydrogen-bond acceptors (Lipinski definition) is 4. The molecular formula is C118H104N8O4+4. The molecule has 0 unspecified atom stereocenters. The van der Waals surface area contributed by atoms with Crippen LogP contribution in [0.3, 0.4) is 0 Å². The number of pyridine rings is 4. The summed E-state index contributed by atoms with van der Waals surface area (Å²) >= 11 is 0. The van der Waals surface area contributed by atoms with Crippen molar-refractivity contribution < 1.29 is 46.9 Å². The maximum absolute atomic E-state index is 9.17. The molecule has 0 saturated heterocycles. The van der Waals surface area contributed by atoms with E-state index in [1.54, 1.807) is 38.5 Å². The molecule has 0 N–H and O–H groups in total. The molecular weight excluding hydrogens is 1590 g/mol. The number of furan rings is 4. The van der Waals surface area contributed by atoms with Gasteiger partial charge in [-0.25, -0.2) is 19.4 Å². The minimum atomic E-state index is -1.85. The van der Waals surface area contributed by atoms with E-state index in [0.717, 1.165) is 177 Å². The number of aromatic nitrogens is 4. The van der Waals surface area contributed by atoms with Crippen molar-refractivity contribution in [3.05, 3.63) is 380 Å². The Bertz CT molecular complexity index is 8570. The Balaban J connectivity index is 0.000000128. The van der Waals surface area contributed by atoms with E-state index in [9.17, 15) is 0 Å². The first-order valence-corrected chi connectivity index (χ1v) is 43.6. The molecule has 0 spiro atoms. The van der Waals surface area contributed by atoms with Crippen LogP contribution >= 0.6 is 0 Å². The molecule has 0 aliphatic rings. The monoisotopic (exact) mass is 1700 g/mol. The van der Waals surface area contributed by atoms with E-state index in [0.29, 0.717) is 85.2 Å². The molecule has 0 fully saturated rings. The molecule has 130 heavy (non-hydrogen) atoms. The van der Waals surface area contributed by atoms with Crippen LogP contribution in [0.5, 0.6) is 0 Å². The zero-order valence-corrected chi connectivity index (χ0v) is 76.5. The number of rotatable bonds is 12. The first-order valence-electron chi connectivity index (χ1n) is 47.6. The van der Waals surface area contributed by atoms with Crippen molar-refractivity contribution in [2.45, 2.75) is 110 Å². The van der Waals surface area contributed by atoms with Crippen molar-refractivity contribution in [3.63, 3.8) is 0 Å². The van der Waals surface area contributed by atoms with E-state index in [1.807, 2.05) is 231 Å². The fourth-order valence-electron chi connectivity index (χ4n) is 18.0. The molecule has 20 rings (SSSR count). The highest BCUT2D eigenvalue weighted by Gasteiger charge is 2.31. The van der Waals surface area contributed by atoms with Gasteiger partial charge in [-0.2, -0.15) is 18.3 Å². The molecule has 12 aromatic carbocycles. The second-order valence-corrected chi connectivity index (χ2v) is 34.4. The third-order valence-electron chi connectivity index (χ3n) is 24.6. The lowest BCUT2D eigenvalue weighted by Crippen LogP contribution is -2.35. The van der Waals surface area contributed by atoms with Gasteiger partial charge in [-0.3, -0.25) is 0 Å². The number of benzene rings is 12. The molecule has 8 heterocycles. The molecule has 8 aromatic heterocycles. The zero-order chi connectivity index (χ0) is 98.4. The van der Waals surface area contributed by atoms with Crippen molar-refractivity contribution in [1.82, 2.24) is 0 Å². The van der Waals surface area contributed by atoms with E-state index in [2.05, 4.69) is 136 Å². The second-order valence-electron chi connectivity index (χ2n) is 34.4. The van der Waals surface area contributed by atoms with Gasteiger partial charge in [-0.15, -0.1) is 0 Å². The van der Waals surface area contributed by atoms with Crippen LogP contribution in [0.1, 0.15) is 106 Å². The van der Waals surface area contributed by atoms with Crippen LogP contribution in [-0.2, 0) is 40.9 Å². The lowest BCUT2D eigenvalue weighted by atomic mass is 9.92. The SMILES string of the molecule is [2H]C([2H])(c1cc(C)[n+](C)c(-c2c(C)ccc3c2oc2cc(-c4ccccc4)c([N+]#[C-])cc23)c1)C(C)C.[2H]c1c(C([2H])([2H])C(C)C)c([2H])c(-c2c(C)ccc3c2oc2cc(-c4ccccc4)c([N+]#[C-])cc23)[n+](C)c1C.[2H]c1c(C)c([2H])c(-c2c(C)cc(-c3ccccc3)c3c2oc2ccc([N+]#[C-])cc23)[n+](C)c1C.[C-]#[N+]c1ccc2oc3c(-c4cc(C)cc(C)[n+]4C)c(C)cc(-c4ccccc4)c3c2c1. The maximum Gasteiger partial charge on any atom is 0.216 e. The predicted octanol–water partition coefficient (Wildman–Crippen LogP) is 30.7. The Kier molecular flexibility index (Phi) is 21.1. The summed E-state index contributed by atoms with van der Waals surface area (Å²) in [5, 5.41) is 7.36. The molecule has 0 amide bonds. The first-order chi connectivity index (χ1) is 65.9. The molecule has 0 radical (unpaired) electrons. The number of hydrogen-bond donors (Lipinski definition) is 0. The first kappa shape index (κ1) is 76.8. The van der Waals surface area contributed by atoms with Gasteiger partial charge in [0.1, 0.15) is 72.9 Å². The van der Waals surface area contributed by atoms with E-state index in [4.69, 9.17) is 54.9 Å². The number of aryl methyl sites for hydroxylation is 7. The van der Waals surface area contributed by atoms with Gasteiger partial charge >= 0.3 is 0 Å². The molecule has 0 bridgehead atoms. The Morgan fingerprint density at radius 3 is 1.12 bits per heavy atom. The highest BCUT2D eigenvalue weighted by atomic mass is 16.3. The zero-order valence-electron chi connectivity index (χ0n) is 84.5. The molecule has 0 aliphatic carbocycles. The van der Waals surface area contributed by atoms with Crippen molar-refractivity contribution in [3.8, 4) is 89.5 Å². The summed E-state index contributed by atoms with van der Waals surface area (Å²) in [6.07, 6.45) is -3.31. The van der Waals surface area contributed by atoms with Gasteiger partial charge in [0, 0.05) is 125 Å². The minimum absolute atomic E-state index is 0.00956. The Hall–Kier alpha value is -15.6. The fraction of sp³-hybridized carbons (Fsp3) is 0.186. The van der Waals surface area contributed by atoms with E-state index in [1.165, 1.54) is 11.3 Å². The van der Waals surface area contributed by atoms with Crippen LogP contribution in [-0.4, -0.2) is 0 Å². The summed E-state index contributed by atoms with van der Waals surface area (Å²) in [5.41, 5.74) is 33.1. The normalized spacial score (nSPS) is 12.4. The van der Waals surface area contributed by atoms with Crippen molar-refractivity contribution in [1.29, 1.82) is 0 Å². The van der Waals surface area contributed by atoms with Gasteiger partial charge in [0.25, 0.3) is 0 Å². The second kappa shape index (κ2) is 35.7. The van der Waals surface area contributed by atoms with Crippen molar-refractivity contribution in [2.75, 3.05) is 0 Å². The van der Waals surface area contributed by atoms with Gasteiger partial charge < -0.3 is 17.7 Å². The fourth-order valence-corrected chi connectivity index (χ4v) is 18.0. The lowest BCUT2D eigenvalue weighted by Gasteiger charge is -2.12. The van der Waals surface area contributed by atoms with Gasteiger partial charge in [0.05, 0.1) is 54.0 Å². The van der Waals surface area contributed by atoms with Crippen LogP contribution in [0.2, 0.25) is 0 Å². The number of fused-ring (bicyclic) bond motifs is 12. The summed E-state index contributed by atoms with van der Waals surface area (Å²) < 4.78 is 104. The average Bonchev–Trinajstić information content (AvgIpc) is 1.56. The van der Waals surface area contributed by atoms with E-state index in [-0.39, 0.29) is 23.6 Å². The molecule has 0 saturated carbocycles. The van der Waals surface area contributed by atoms with Crippen LogP contribution < -0.4 is 18.3 Å². The third kappa shape index (κ3) is 16.3. The number of nitrogens with zero attached hydrogens (tertiary/aromatic N) is 8. The summed E-state index contributed by atoms with van der Waals surface area (Å²) in [5.74, 6) is -0.578. The van der Waals surface area contributed by atoms with Gasteiger partial charge in [-0.1, -0.05) is 185 Å². The summed E-state index contributed by atoms with van der Waals surface area (Å²) in [7, 11) is 7.81. The van der Waals surface area contributed by atoms with Crippen LogP contribution in [0.4, 0.5) is 22.7 Å². The van der Waals surface area contributed by atoms with Crippen molar-refractivity contribution in [2.24, 2.45) is 40.0 Å². The summed E-state index contributed by atoms with van der Waals surface area (Å²) in [6, 6.07) is 80.6. The van der Waals surface area contributed by atoms with Crippen molar-refractivity contribution >= 4 is 111 Å². The Morgan fingerprint density at radius 2 is 0.677 bits per heavy atom. The quantitative estimate of drug-likeness (QED) is 0.0901. The molecule has 12 nitrogen and oxygen atoms in total. The minimum Gasteiger partial charge on any atom is -0.455 e. The molecule has 636 valence electrons. The average molecular weight is 1710 g/mol. The molecule has 20 aromatic rings. The van der Waals surface area contributed by atoms with Gasteiger partial charge in [0.15, 0.2) is 45.5 Å². The predicted molar refractivity (Wildman–Crippen MR) is 533 cm³/mol. The van der Waals surface area contributed by atoms with Gasteiger partial charge in [0.2, 0.25) is 22.8 Å². The summed E-state index contributed by atoms with van der Waals surface area (Å²) in [4.78, 5) is 14.9. The maximum atomic E-state index is 9.17. The highest BCUT2D eigenvalue weighted by molar-refractivity contribution is 6.20. The molecule has 0 atom stereocenters. The smallest absolute Gasteiger partial charge is 0.216 e. The van der Waals surface area contributed by atoms with Gasteiger partial charge in [-0.05, 0) is 216 Å². The third-order valence-corrected chi connectivity index (χ3v) is 24.6. The lowest BCUT2D eigenvalue weighted by molar-refractivity contribution is -0.666. The molecule has 0 aliphatic heterocycles. The standard InChI is InChI=1S/2C31H29N2O.2C28H23N2O/c2*1-19(2)14-22-15-21(4)33(6)28(16-22)30-20(3)12-13-24-26-17-27(32-5)25(18-29(26)34-31(24)30)23-10-8-7-9-11-23;2*1-17-13-19(3)30(5)24(14-17)26-18(2)15-22(20-9-7-6-8-10-20)27-23-16-21(29-4)11-12-25(23)31-28(26)27/h2*7-13,15-19H,14H2,1-4,6H3;2*6-16H,1-3,5H3/q4*+1/i14D2,15D,16D;14D2;13D,14D;. The van der Waals surface area contributed by atoms with Crippen LogP contribution in [0.25, 0.3) is 197 Å². The Labute approximate surface area is 772 Å².